The minimum Gasteiger partial charge on any atom is -0.495 e. The van der Waals surface area contributed by atoms with Gasteiger partial charge in [-0.05, 0) is 30.3 Å². The molecule has 1 aromatic carbocycles. The van der Waals surface area contributed by atoms with Crippen molar-refractivity contribution >= 4 is 22.5 Å². The third kappa shape index (κ3) is 2.44. The highest BCUT2D eigenvalue weighted by molar-refractivity contribution is 6.35. The van der Waals surface area contributed by atoms with Crippen LogP contribution in [0.25, 0.3) is 10.9 Å². The molecule has 0 bridgehead atoms. The van der Waals surface area contributed by atoms with Crippen LogP contribution < -0.4 is 4.74 Å². The van der Waals surface area contributed by atoms with Crippen molar-refractivity contribution in [3.8, 4) is 5.75 Å². The molecule has 0 fully saturated rings. The molecule has 0 aliphatic carbocycles. The molecule has 0 amide bonds. The Kier molecular flexibility index (Phi) is 3.73. The maximum absolute atomic E-state index is 10.7. The first kappa shape index (κ1) is 13.8. The number of ether oxygens (including phenoxy) is 1. The molecule has 106 valence electrons. The number of aliphatic hydroxyl groups is 1. The van der Waals surface area contributed by atoms with E-state index in [0.717, 1.165) is 5.39 Å². The van der Waals surface area contributed by atoms with Gasteiger partial charge in [-0.2, -0.15) is 0 Å². The van der Waals surface area contributed by atoms with E-state index in [4.69, 9.17) is 16.3 Å². The maximum atomic E-state index is 10.7. The van der Waals surface area contributed by atoms with Crippen LogP contribution in [0.1, 0.15) is 17.4 Å². The summed E-state index contributed by atoms with van der Waals surface area (Å²) in [5.74, 6) is 0.532. The number of aliphatic hydroxyl groups excluding tert-OH is 1. The van der Waals surface area contributed by atoms with Crippen molar-refractivity contribution in [3.63, 3.8) is 0 Å². The molecule has 0 aliphatic rings. The van der Waals surface area contributed by atoms with Gasteiger partial charge in [0.05, 0.1) is 12.6 Å². The highest BCUT2D eigenvalue weighted by Gasteiger charge is 2.20. The summed E-state index contributed by atoms with van der Waals surface area (Å²) in [5.41, 5.74) is 1.76. The molecule has 0 spiro atoms. The van der Waals surface area contributed by atoms with Crippen molar-refractivity contribution in [2.24, 2.45) is 0 Å². The van der Waals surface area contributed by atoms with E-state index in [0.29, 0.717) is 27.5 Å². The number of hydrogen-bond acceptors (Lipinski definition) is 4. The summed E-state index contributed by atoms with van der Waals surface area (Å²) in [6, 6.07) is 10.7. The van der Waals surface area contributed by atoms with Crippen LogP contribution in [0.5, 0.6) is 5.75 Å². The molecule has 1 unspecified atom stereocenters. The minimum atomic E-state index is -0.934. The molecule has 1 N–H and O–H groups in total. The zero-order chi connectivity index (χ0) is 14.8. The van der Waals surface area contributed by atoms with Crippen LogP contribution in [0.3, 0.4) is 0 Å². The average molecular weight is 301 g/mol. The molecule has 0 saturated carbocycles. The van der Waals surface area contributed by atoms with Gasteiger partial charge in [0.2, 0.25) is 0 Å². The molecule has 0 radical (unpaired) electrons. The van der Waals surface area contributed by atoms with Gasteiger partial charge >= 0.3 is 0 Å². The van der Waals surface area contributed by atoms with Crippen LogP contribution in [0.4, 0.5) is 0 Å². The van der Waals surface area contributed by atoms with Crippen molar-refractivity contribution in [2.75, 3.05) is 7.11 Å². The molecular formula is C16H13ClN2O2. The quantitative estimate of drug-likeness (QED) is 0.805. The van der Waals surface area contributed by atoms with Gasteiger partial charge in [-0.15, -0.1) is 0 Å². The Balaban J connectivity index is 2.18. The second kappa shape index (κ2) is 5.68. The second-order valence-electron chi connectivity index (χ2n) is 4.53. The number of benzene rings is 1. The van der Waals surface area contributed by atoms with Gasteiger partial charge in [0, 0.05) is 28.4 Å². The largest absolute Gasteiger partial charge is 0.495 e. The Morgan fingerprint density at radius 2 is 1.86 bits per heavy atom. The molecule has 0 saturated heterocycles. The Bertz CT molecular complexity index is 792. The fourth-order valence-corrected chi connectivity index (χ4v) is 2.52. The number of hydrogen-bond donors (Lipinski definition) is 1. The molecule has 4 nitrogen and oxygen atoms in total. The van der Waals surface area contributed by atoms with Gasteiger partial charge in [0.1, 0.15) is 17.5 Å². The van der Waals surface area contributed by atoms with Crippen molar-refractivity contribution in [2.45, 2.75) is 6.10 Å². The third-order valence-electron chi connectivity index (χ3n) is 3.32. The van der Waals surface area contributed by atoms with E-state index in [1.807, 2.05) is 12.1 Å². The molecule has 1 atom stereocenters. The van der Waals surface area contributed by atoms with Gasteiger partial charge in [-0.3, -0.25) is 9.97 Å². The topological polar surface area (TPSA) is 55.2 Å². The Hall–Kier alpha value is -2.17. The van der Waals surface area contributed by atoms with Crippen molar-refractivity contribution in [1.29, 1.82) is 0 Å². The van der Waals surface area contributed by atoms with Crippen LogP contribution in [0.15, 0.2) is 48.8 Å². The third-order valence-corrected chi connectivity index (χ3v) is 3.65. The Labute approximate surface area is 127 Å². The molecule has 5 heteroatoms. The number of fused-ring (bicyclic) bond motifs is 1. The number of halogens is 1. The minimum absolute atomic E-state index is 0.453. The van der Waals surface area contributed by atoms with E-state index in [2.05, 4.69) is 9.97 Å². The summed E-state index contributed by atoms with van der Waals surface area (Å²) in [7, 11) is 1.55. The summed E-state index contributed by atoms with van der Waals surface area (Å²) in [4.78, 5) is 8.55. The first-order valence-electron chi connectivity index (χ1n) is 6.42. The summed E-state index contributed by atoms with van der Waals surface area (Å²) in [6.07, 6.45) is 2.35. The van der Waals surface area contributed by atoms with Gasteiger partial charge in [-0.1, -0.05) is 17.7 Å². The van der Waals surface area contributed by atoms with E-state index in [1.54, 1.807) is 43.8 Å². The first-order valence-corrected chi connectivity index (χ1v) is 6.80. The average Bonchev–Trinajstić information content (AvgIpc) is 2.55. The molecule has 21 heavy (non-hydrogen) atoms. The predicted molar refractivity (Wildman–Crippen MR) is 81.6 cm³/mol. The van der Waals surface area contributed by atoms with Crippen LogP contribution in [0, 0.1) is 0 Å². The zero-order valence-electron chi connectivity index (χ0n) is 11.3. The second-order valence-corrected chi connectivity index (χ2v) is 4.94. The molecular weight excluding hydrogens is 288 g/mol. The number of aromatic nitrogens is 2. The summed E-state index contributed by atoms with van der Waals surface area (Å²) in [5, 5.41) is 12.1. The summed E-state index contributed by atoms with van der Waals surface area (Å²) >= 11 is 6.18. The molecule has 0 aliphatic heterocycles. The molecule has 3 rings (SSSR count). The fourth-order valence-electron chi connectivity index (χ4n) is 2.31. The normalized spacial score (nSPS) is 12.3. The highest BCUT2D eigenvalue weighted by atomic mass is 35.5. The van der Waals surface area contributed by atoms with Gasteiger partial charge < -0.3 is 9.84 Å². The van der Waals surface area contributed by atoms with Crippen molar-refractivity contribution in [3.05, 3.63) is 65.1 Å². The standard InChI is InChI=1S/C16H13ClN2O2/c1-21-13-5-3-9-19-15(13)16(20)11-6-7-12(17)10-4-2-8-18-14(10)11/h2-9,16,20H,1H3. The van der Waals surface area contributed by atoms with E-state index in [1.165, 1.54) is 0 Å². The number of rotatable bonds is 3. The van der Waals surface area contributed by atoms with Gasteiger partial charge in [0.25, 0.3) is 0 Å². The smallest absolute Gasteiger partial charge is 0.143 e. The summed E-state index contributed by atoms with van der Waals surface area (Å²) in [6.45, 7) is 0. The summed E-state index contributed by atoms with van der Waals surface area (Å²) < 4.78 is 5.25. The van der Waals surface area contributed by atoms with E-state index >= 15 is 0 Å². The van der Waals surface area contributed by atoms with Crippen molar-refractivity contribution in [1.82, 2.24) is 9.97 Å². The monoisotopic (exact) mass is 300 g/mol. The lowest BCUT2D eigenvalue weighted by atomic mass is 10.0. The molecule has 2 aromatic heterocycles. The Morgan fingerprint density at radius 1 is 1.10 bits per heavy atom. The van der Waals surface area contributed by atoms with Gasteiger partial charge in [0.15, 0.2) is 0 Å². The number of nitrogens with zero attached hydrogens (tertiary/aromatic N) is 2. The molecule has 2 heterocycles. The first-order chi connectivity index (χ1) is 10.2. The van der Waals surface area contributed by atoms with Crippen LogP contribution >= 0.6 is 11.6 Å². The van der Waals surface area contributed by atoms with E-state index < -0.39 is 6.10 Å². The zero-order valence-corrected chi connectivity index (χ0v) is 12.1. The predicted octanol–water partition coefficient (Wildman–Crippen LogP) is 3.37. The van der Waals surface area contributed by atoms with Crippen molar-refractivity contribution < 1.29 is 9.84 Å². The number of pyridine rings is 2. The lowest BCUT2D eigenvalue weighted by molar-refractivity contribution is 0.210. The van der Waals surface area contributed by atoms with E-state index in [-0.39, 0.29) is 0 Å². The SMILES string of the molecule is COc1cccnc1C(O)c1ccc(Cl)c2cccnc12. The highest BCUT2D eigenvalue weighted by Crippen LogP contribution is 2.33. The number of methoxy groups -OCH3 is 1. The van der Waals surface area contributed by atoms with Crippen LogP contribution in [-0.2, 0) is 0 Å². The lowest BCUT2D eigenvalue weighted by Crippen LogP contribution is -2.06. The van der Waals surface area contributed by atoms with Crippen LogP contribution in [-0.4, -0.2) is 22.2 Å². The van der Waals surface area contributed by atoms with Gasteiger partial charge in [-0.25, -0.2) is 0 Å². The maximum Gasteiger partial charge on any atom is 0.143 e. The van der Waals surface area contributed by atoms with Crippen LogP contribution in [0.2, 0.25) is 5.02 Å². The lowest BCUT2D eigenvalue weighted by Gasteiger charge is -2.15. The Morgan fingerprint density at radius 3 is 2.67 bits per heavy atom. The molecule has 3 aromatic rings. The fraction of sp³-hybridized carbons (Fsp3) is 0.125. The van der Waals surface area contributed by atoms with E-state index in [9.17, 15) is 5.11 Å².